The standard InChI is InChI=1S/C21H18N4O/c22-15-18-19(16-7-3-1-4-8-16)20(17-9-5-2-6-10-17)23-24-21(18)25-11-13-26-14-12-25/h1-10H,11-14H2. The fourth-order valence-corrected chi connectivity index (χ4v) is 3.21. The highest BCUT2D eigenvalue weighted by molar-refractivity contribution is 5.87. The largest absolute Gasteiger partial charge is 0.378 e. The van der Waals surface area contributed by atoms with E-state index in [-0.39, 0.29) is 0 Å². The molecule has 26 heavy (non-hydrogen) atoms. The van der Waals surface area contributed by atoms with Gasteiger partial charge in [-0.2, -0.15) is 5.26 Å². The molecule has 1 aliphatic heterocycles. The van der Waals surface area contributed by atoms with E-state index in [1.807, 2.05) is 60.7 Å². The zero-order valence-electron chi connectivity index (χ0n) is 14.3. The summed E-state index contributed by atoms with van der Waals surface area (Å²) in [5, 5.41) is 18.9. The van der Waals surface area contributed by atoms with Crippen molar-refractivity contribution in [3.05, 3.63) is 66.2 Å². The molecule has 5 nitrogen and oxygen atoms in total. The van der Waals surface area contributed by atoms with Crippen molar-refractivity contribution in [1.82, 2.24) is 10.2 Å². The number of morpholine rings is 1. The van der Waals surface area contributed by atoms with Crippen LogP contribution in [0.5, 0.6) is 0 Å². The molecule has 0 spiro atoms. The van der Waals surface area contributed by atoms with Gasteiger partial charge in [-0.25, -0.2) is 0 Å². The Labute approximate surface area is 152 Å². The SMILES string of the molecule is N#Cc1c(N2CCOCC2)nnc(-c2ccccc2)c1-c1ccccc1. The van der Waals surface area contributed by atoms with E-state index in [2.05, 4.69) is 21.2 Å². The van der Waals surface area contributed by atoms with Crippen LogP contribution in [0.25, 0.3) is 22.4 Å². The number of hydrogen-bond acceptors (Lipinski definition) is 5. The first-order chi connectivity index (χ1) is 12.9. The van der Waals surface area contributed by atoms with Gasteiger partial charge in [-0.3, -0.25) is 0 Å². The molecule has 1 fully saturated rings. The lowest BCUT2D eigenvalue weighted by Gasteiger charge is -2.29. The number of nitriles is 1. The summed E-state index contributed by atoms with van der Waals surface area (Å²) < 4.78 is 5.43. The van der Waals surface area contributed by atoms with Crippen LogP contribution in [0.15, 0.2) is 60.7 Å². The maximum absolute atomic E-state index is 9.99. The van der Waals surface area contributed by atoms with Gasteiger partial charge >= 0.3 is 0 Å². The van der Waals surface area contributed by atoms with Gasteiger partial charge < -0.3 is 9.64 Å². The van der Waals surface area contributed by atoms with Crippen molar-refractivity contribution in [1.29, 1.82) is 5.26 Å². The van der Waals surface area contributed by atoms with Gasteiger partial charge in [-0.1, -0.05) is 60.7 Å². The van der Waals surface area contributed by atoms with Crippen molar-refractivity contribution >= 4 is 5.82 Å². The third-order valence-corrected chi connectivity index (χ3v) is 4.49. The summed E-state index contributed by atoms with van der Waals surface area (Å²) in [5.41, 5.74) is 4.03. The summed E-state index contributed by atoms with van der Waals surface area (Å²) in [6.07, 6.45) is 0. The number of benzene rings is 2. The summed E-state index contributed by atoms with van der Waals surface area (Å²) in [7, 11) is 0. The molecule has 4 rings (SSSR count). The van der Waals surface area contributed by atoms with E-state index in [9.17, 15) is 5.26 Å². The molecule has 2 heterocycles. The number of aromatic nitrogens is 2. The van der Waals surface area contributed by atoms with Crippen LogP contribution in [0.3, 0.4) is 0 Å². The topological polar surface area (TPSA) is 62.0 Å². The van der Waals surface area contributed by atoms with Crippen LogP contribution in [0.4, 0.5) is 5.82 Å². The molecular formula is C21H18N4O. The van der Waals surface area contributed by atoms with Crippen molar-refractivity contribution in [2.45, 2.75) is 0 Å². The van der Waals surface area contributed by atoms with Crippen LogP contribution in [-0.4, -0.2) is 36.5 Å². The highest BCUT2D eigenvalue weighted by Gasteiger charge is 2.23. The minimum atomic E-state index is 0.562. The summed E-state index contributed by atoms with van der Waals surface area (Å²) in [6.45, 7) is 2.69. The van der Waals surface area contributed by atoms with Gasteiger partial charge in [-0.15, -0.1) is 10.2 Å². The third kappa shape index (κ3) is 3.03. The molecule has 0 bridgehead atoms. The second-order valence-corrected chi connectivity index (χ2v) is 6.07. The average molecular weight is 342 g/mol. The fourth-order valence-electron chi connectivity index (χ4n) is 3.21. The molecule has 0 aliphatic carbocycles. The predicted molar refractivity (Wildman–Crippen MR) is 101 cm³/mol. The summed E-state index contributed by atoms with van der Waals surface area (Å²) in [5.74, 6) is 0.634. The molecule has 0 N–H and O–H groups in total. The van der Waals surface area contributed by atoms with E-state index in [4.69, 9.17) is 4.74 Å². The Morgan fingerprint density at radius 2 is 1.46 bits per heavy atom. The second-order valence-electron chi connectivity index (χ2n) is 6.07. The van der Waals surface area contributed by atoms with Crippen LogP contribution in [0.2, 0.25) is 0 Å². The first-order valence-corrected chi connectivity index (χ1v) is 8.63. The minimum absolute atomic E-state index is 0.562. The lowest BCUT2D eigenvalue weighted by Crippen LogP contribution is -2.37. The summed E-state index contributed by atoms with van der Waals surface area (Å²) in [4.78, 5) is 2.08. The Hall–Kier alpha value is -3.23. The zero-order chi connectivity index (χ0) is 17.8. The van der Waals surface area contributed by atoms with E-state index < -0.39 is 0 Å². The number of ether oxygens (including phenoxy) is 1. The van der Waals surface area contributed by atoms with Gasteiger partial charge in [0.1, 0.15) is 17.3 Å². The quantitative estimate of drug-likeness (QED) is 0.729. The molecular weight excluding hydrogens is 324 g/mol. The van der Waals surface area contributed by atoms with Crippen molar-refractivity contribution in [3.63, 3.8) is 0 Å². The molecule has 1 aromatic heterocycles. The molecule has 0 saturated carbocycles. The monoisotopic (exact) mass is 342 g/mol. The zero-order valence-corrected chi connectivity index (χ0v) is 14.3. The van der Waals surface area contributed by atoms with E-state index in [0.717, 1.165) is 22.4 Å². The Bertz CT molecular complexity index is 929. The van der Waals surface area contributed by atoms with Gasteiger partial charge in [0, 0.05) is 24.2 Å². The molecule has 0 radical (unpaired) electrons. The third-order valence-electron chi connectivity index (χ3n) is 4.49. The number of rotatable bonds is 3. The van der Waals surface area contributed by atoms with Crippen LogP contribution >= 0.6 is 0 Å². The van der Waals surface area contributed by atoms with E-state index >= 15 is 0 Å². The molecule has 2 aromatic carbocycles. The van der Waals surface area contributed by atoms with E-state index in [1.54, 1.807) is 0 Å². The van der Waals surface area contributed by atoms with Gasteiger partial charge in [-0.05, 0) is 5.56 Å². The normalized spacial score (nSPS) is 14.0. The van der Waals surface area contributed by atoms with E-state index in [0.29, 0.717) is 37.7 Å². The predicted octanol–water partition coefficient (Wildman–Crippen LogP) is 3.52. The van der Waals surface area contributed by atoms with Crippen molar-refractivity contribution in [2.75, 3.05) is 31.2 Å². The van der Waals surface area contributed by atoms with Crippen molar-refractivity contribution in [2.24, 2.45) is 0 Å². The van der Waals surface area contributed by atoms with Crippen LogP contribution in [-0.2, 0) is 4.74 Å². The second kappa shape index (κ2) is 7.34. The average Bonchev–Trinajstić information content (AvgIpc) is 2.74. The molecule has 0 amide bonds. The maximum atomic E-state index is 9.99. The molecule has 3 aromatic rings. The van der Waals surface area contributed by atoms with Crippen LogP contribution < -0.4 is 4.90 Å². The van der Waals surface area contributed by atoms with E-state index in [1.165, 1.54) is 0 Å². The lowest BCUT2D eigenvalue weighted by molar-refractivity contribution is 0.122. The molecule has 1 saturated heterocycles. The summed E-state index contributed by atoms with van der Waals surface area (Å²) >= 11 is 0. The van der Waals surface area contributed by atoms with Crippen LogP contribution in [0, 0.1) is 11.3 Å². The highest BCUT2D eigenvalue weighted by atomic mass is 16.5. The first kappa shape index (κ1) is 16.2. The van der Waals surface area contributed by atoms with Gasteiger partial charge in [0.2, 0.25) is 0 Å². The van der Waals surface area contributed by atoms with Gasteiger partial charge in [0.05, 0.1) is 13.2 Å². The summed E-state index contributed by atoms with van der Waals surface area (Å²) in [6, 6.07) is 22.2. The van der Waals surface area contributed by atoms with Crippen molar-refractivity contribution in [3.8, 4) is 28.5 Å². The Balaban J connectivity index is 1.95. The molecule has 1 aliphatic rings. The number of anilines is 1. The lowest BCUT2D eigenvalue weighted by atomic mass is 9.95. The molecule has 0 unspecified atom stereocenters. The Kier molecular flexibility index (Phi) is 4.59. The Morgan fingerprint density at radius 3 is 2.08 bits per heavy atom. The highest BCUT2D eigenvalue weighted by Crippen LogP contribution is 2.36. The molecule has 0 atom stereocenters. The molecule has 5 heteroatoms. The van der Waals surface area contributed by atoms with Crippen molar-refractivity contribution < 1.29 is 4.74 Å². The molecule has 128 valence electrons. The smallest absolute Gasteiger partial charge is 0.170 e. The van der Waals surface area contributed by atoms with Gasteiger partial charge in [0.25, 0.3) is 0 Å². The van der Waals surface area contributed by atoms with Gasteiger partial charge in [0.15, 0.2) is 5.82 Å². The van der Waals surface area contributed by atoms with Crippen LogP contribution in [0.1, 0.15) is 5.56 Å². The number of hydrogen-bond donors (Lipinski definition) is 0. The number of nitrogens with zero attached hydrogens (tertiary/aromatic N) is 4. The Morgan fingerprint density at radius 1 is 0.846 bits per heavy atom. The maximum Gasteiger partial charge on any atom is 0.170 e. The minimum Gasteiger partial charge on any atom is -0.378 e. The fraction of sp³-hybridized carbons (Fsp3) is 0.190. The first-order valence-electron chi connectivity index (χ1n) is 8.63.